The van der Waals surface area contributed by atoms with Crippen molar-refractivity contribution in [2.75, 3.05) is 16.8 Å². The molecule has 0 spiro atoms. The highest BCUT2D eigenvalue weighted by atomic mass is 32.2. The Bertz CT molecular complexity index is 1840. The molecule has 9 nitrogen and oxygen atoms in total. The number of ether oxygens (including phenoxy) is 1. The van der Waals surface area contributed by atoms with Gasteiger partial charge in [0.05, 0.1) is 28.8 Å². The zero-order valence-corrected chi connectivity index (χ0v) is 24.6. The van der Waals surface area contributed by atoms with Crippen molar-refractivity contribution in [3.63, 3.8) is 0 Å². The first kappa shape index (κ1) is 29.5. The molecule has 3 aromatic carbocycles. The van der Waals surface area contributed by atoms with Crippen LogP contribution >= 0.6 is 23.1 Å². The van der Waals surface area contributed by atoms with Crippen LogP contribution in [-0.2, 0) is 25.7 Å². The molecule has 0 bridgehead atoms. The molecular weight excluding hydrogens is 612 g/mol. The van der Waals surface area contributed by atoms with Crippen LogP contribution in [0.15, 0.2) is 82.6 Å². The molecule has 0 saturated carbocycles. The Kier molecular flexibility index (Phi) is 7.91. The van der Waals surface area contributed by atoms with Crippen LogP contribution < -0.4 is 15.1 Å². The van der Waals surface area contributed by atoms with Crippen molar-refractivity contribution in [2.45, 2.75) is 29.7 Å². The molecule has 0 unspecified atom stereocenters. The van der Waals surface area contributed by atoms with Gasteiger partial charge in [0.25, 0.3) is 0 Å². The van der Waals surface area contributed by atoms with Crippen molar-refractivity contribution in [3.8, 4) is 0 Å². The van der Waals surface area contributed by atoms with E-state index in [9.17, 15) is 32.8 Å². The summed E-state index contributed by atoms with van der Waals surface area (Å²) in [5, 5.41) is 2.12. The van der Waals surface area contributed by atoms with E-state index >= 15 is 0 Å². The van der Waals surface area contributed by atoms with E-state index in [2.05, 4.69) is 5.32 Å². The molecule has 13 heteroatoms. The van der Waals surface area contributed by atoms with Gasteiger partial charge < -0.3 is 10.1 Å². The minimum Gasteiger partial charge on any atom is -0.462 e. The van der Waals surface area contributed by atoms with Gasteiger partial charge in [-0.2, -0.15) is 0 Å². The smallest absolute Gasteiger partial charge is 0.338 e. The molecule has 2 aliphatic heterocycles. The van der Waals surface area contributed by atoms with Crippen molar-refractivity contribution >= 4 is 58.2 Å². The molecule has 4 aromatic rings. The fourth-order valence-corrected chi connectivity index (χ4v) is 8.15. The first-order valence-corrected chi connectivity index (χ1v) is 15.2. The lowest BCUT2D eigenvalue weighted by Gasteiger charge is -2.30. The van der Waals surface area contributed by atoms with Crippen LogP contribution in [0.5, 0.6) is 0 Å². The number of fused-ring (bicyclic) bond motifs is 2. The highest BCUT2D eigenvalue weighted by Gasteiger charge is 2.56. The zero-order valence-electron chi connectivity index (χ0n) is 23.0. The molecule has 6 rings (SSSR count). The predicted molar refractivity (Wildman–Crippen MR) is 160 cm³/mol. The minimum absolute atomic E-state index is 0.211. The molecule has 0 radical (unpaired) electrons. The summed E-state index contributed by atoms with van der Waals surface area (Å²) in [5.74, 6) is -4.78. The number of carbonyl (C=O) groups is 4. The van der Waals surface area contributed by atoms with E-state index in [1.165, 1.54) is 65.2 Å². The third kappa shape index (κ3) is 5.33. The fourth-order valence-electron chi connectivity index (χ4n) is 5.38. The first-order valence-electron chi connectivity index (χ1n) is 13.5. The van der Waals surface area contributed by atoms with Gasteiger partial charge in [-0.3, -0.25) is 23.7 Å². The molecule has 3 heterocycles. The SMILES string of the molecule is CCOC(=O)c1ccc(NC(=O)Cn2c3c(sc2=O)[C@@H](c2ccc(F)cc2)[C@@H]2C(=O)N(c4ccc(F)cc4)C(=O)[C@@H]2S3)cc1. The number of rotatable bonds is 7. The summed E-state index contributed by atoms with van der Waals surface area (Å²) in [6.45, 7) is 1.54. The van der Waals surface area contributed by atoms with Crippen LogP contribution in [0.1, 0.15) is 33.6 Å². The topological polar surface area (TPSA) is 115 Å². The van der Waals surface area contributed by atoms with Crippen LogP contribution in [0.4, 0.5) is 20.2 Å². The second-order valence-electron chi connectivity index (χ2n) is 10.1. The van der Waals surface area contributed by atoms with Crippen molar-refractivity contribution < 1.29 is 32.7 Å². The molecular formula is C31H23F2N3O6S2. The molecule has 1 saturated heterocycles. The average Bonchev–Trinajstić information content (AvgIpc) is 3.45. The largest absolute Gasteiger partial charge is 0.462 e. The van der Waals surface area contributed by atoms with Gasteiger partial charge in [-0.25, -0.2) is 18.5 Å². The summed E-state index contributed by atoms with van der Waals surface area (Å²) in [7, 11) is 0. The summed E-state index contributed by atoms with van der Waals surface area (Å²) in [6, 6.07) is 16.6. The number of nitrogens with one attached hydrogen (secondary N) is 1. The van der Waals surface area contributed by atoms with Gasteiger partial charge in [-0.15, -0.1) is 0 Å². The molecule has 3 amide bonds. The quantitative estimate of drug-likeness (QED) is 0.229. The Morgan fingerprint density at radius 1 is 0.886 bits per heavy atom. The molecule has 224 valence electrons. The second kappa shape index (κ2) is 11.8. The van der Waals surface area contributed by atoms with Crippen LogP contribution in [0.2, 0.25) is 0 Å². The van der Waals surface area contributed by atoms with Gasteiger partial charge in [0.15, 0.2) is 0 Å². The molecule has 1 aromatic heterocycles. The number of hydrogen-bond donors (Lipinski definition) is 1. The third-order valence-electron chi connectivity index (χ3n) is 7.34. The monoisotopic (exact) mass is 635 g/mol. The second-order valence-corrected chi connectivity index (χ2v) is 12.2. The van der Waals surface area contributed by atoms with Gasteiger partial charge in [-0.1, -0.05) is 35.2 Å². The third-order valence-corrected chi connectivity index (χ3v) is 9.95. The van der Waals surface area contributed by atoms with Gasteiger partial charge >= 0.3 is 10.8 Å². The lowest BCUT2D eigenvalue weighted by molar-refractivity contribution is -0.122. The van der Waals surface area contributed by atoms with E-state index < -0.39 is 57.3 Å². The number of aromatic nitrogens is 1. The van der Waals surface area contributed by atoms with Gasteiger partial charge in [0.2, 0.25) is 17.7 Å². The van der Waals surface area contributed by atoms with E-state index in [0.29, 0.717) is 26.7 Å². The molecule has 3 atom stereocenters. The molecule has 2 aliphatic rings. The summed E-state index contributed by atoms with van der Waals surface area (Å²) in [5.41, 5.74) is 1.45. The van der Waals surface area contributed by atoms with E-state index in [4.69, 9.17) is 4.74 Å². The minimum atomic E-state index is -0.950. The number of anilines is 2. The maximum Gasteiger partial charge on any atom is 0.338 e. The number of carbonyl (C=O) groups excluding carboxylic acids is 4. The van der Waals surface area contributed by atoms with Crippen molar-refractivity contribution in [1.29, 1.82) is 0 Å². The summed E-state index contributed by atoms with van der Waals surface area (Å²) in [6.07, 6.45) is 0. The number of halogens is 2. The predicted octanol–water partition coefficient (Wildman–Crippen LogP) is 4.80. The average molecular weight is 636 g/mol. The summed E-state index contributed by atoms with van der Waals surface area (Å²) < 4.78 is 33.7. The van der Waals surface area contributed by atoms with Crippen LogP contribution in [-0.4, -0.2) is 40.1 Å². The normalized spacial score (nSPS) is 19.0. The van der Waals surface area contributed by atoms with Crippen molar-refractivity contribution in [1.82, 2.24) is 4.57 Å². The van der Waals surface area contributed by atoms with Gasteiger partial charge in [-0.05, 0) is 73.2 Å². The number of esters is 1. The highest BCUT2D eigenvalue weighted by molar-refractivity contribution is 8.00. The Morgan fingerprint density at radius 2 is 1.52 bits per heavy atom. The Morgan fingerprint density at radius 3 is 2.16 bits per heavy atom. The van der Waals surface area contributed by atoms with Crippen molar-refractivity contribution in [2.24, 2.45) is 5.92 Å². The van der Waals surface area contributed by atoms with E-state index in [0.717, 1.165) is 40.1 Å². The lowest BCUT2D eigenvalue weighted by Crippen LogP contribution is -2.33. The molecule has 44 heavy (non-hydrogen) atoms. The Labute approximate surface area is 257 Å². The van der Waals surface area contributed by atoms with Gasteiger partial charge in [0.1, 0.15) is 23.4 Å². The fraction of sp³-hybridized carbons (Fsp3) is 0.194. The lowest BCUT2D eigenvalue weighted by atomic mass is 9.83. The summed E-state index contributed by atoms with van der Waals surface area (Å²) >= 11 is 1.89. The van der Waals surface area contributed by atoms with Crippen LogP contribution in [0.25, 0.3) is 0 Å². The maximum absolute atomic E-state index is 13.9. The first-order chi connectivity index (χ1) is 21.2. The van der Waals surface area contributed by atoms with Crippen LogP contribution in [0.3, 0.4) is 0 Å². The molecule has 0 aliphatic carbocycles. The standard InChI is InChI=1S/C31H23F2N3O6S2/c1-2-42-30(40)17-5-11-20(12-6-17)34-22(37)15-35-29-26(44-31(35)41)23(16-3-7-18(32)8-4-16)24-25(43-29)28(39)36(27(24)38)21-13-9-19(33)10-14-21/h3-14,23-25H,2,15H2,1H3,(H,34,37)/t23-,24-,25+/m0/s1. The van der Waals surface area contributed by atoms with Crippen LogP contribution in [0, 0.1) is 17.6 Å². The maximum atomic E-state index is 13.9. The Hall–Kier alpha value is -4.62. The Balaban J connectivity index is 1.33. The molecule has 1 fully saturated rings. The van der Waals surface area contributed by atoms with E-state index in [1.54, 1.807) is 6.92 Å². The zero-order chi connectivity index (χ0) is 31.1. The number of hydrogen-bond acceptors (Lipinski definition) is 8. The number of thiazole rings is 1. The van der Waals surface area contributed by atoms with E-state index in [1.807, 2.05) is 0 Å². The number of imide groups is 1. The summed E-state index contributed by atoms with van der Waals surface area (Å²) in [4.78, 5) is 66.8. The number of benzene rings is 3. The van der Waals surface area contributed by atoms with Gasteiger partial charge in [0, 0.05) is 16.5 Å². The number of thioether (sulfide) groups is 1. The highest BCUT2D eigenvalue weighted by Crippen LogP contribution is 2.53. The number of amides is 3. The van der Waals surface area contributed by atoms with E-state index in [-0.39, 0.29) is 18.8 Å². The van der Waals surface area contributed by atoms with Crippen molar-refractivity contribution in [3.05, 3.63) is 110 Å². The molecule has 1 N–H and O–H groups in total. The number of nitrogens with zero attached hydrogens (tertiary/aromatic N) is 2.